The van der Waals surface area contributed by atoms with Crippen molar-refractivity contribution in [2.45, 2.75) is 31.7 Å². The summed E-state index contributed by atoms with van der Waals surface area (Å²) in [5, 5.41) is 10.8. The highest BCUT2D eigenvalue weighted by atomic mass is 16.6. The molecule has 24 heavy (non-hydrogen) atoms. The van der Waals surface area contributed by atoms with E-state index in [2.05, 4.69) is 29.2 Å². The number of fused-ring (bicyclic) bond motifs is 3. The Balaban J connectivity index is 1.43. The van der Waals surface area contributed by atoms with Crippen LogP contribution in [-0.2, 0) is 13.0 Å². The fourth-order valence-corrected chi connectivity index (χ4v) is 4.40. The van der Waals surface area contributed by atoms with Gasteiger partial charge in [-0.15, -0.1) is 0 Å². The highest BCUT2D eigenvalue weighted by Gasteiger charge is 2.34. The first-order valence-electron chi connectivity index (χ1n) is 8.74. The average Bonchev–Trinajstić information content (AvgIpc) is 2.62. The van der Waals surface area contributed by atoms with Gasteiger partial charge in [-0.05, 0) is 54.3 Å². The maximum absolute atomic E-state index is 10.8. The predicted octanol–water partition coefficient (Wildman–Crippen LogP) is 4.15. The highest BCUT2D eigenvalue weighted by Crippen LogP contribution is 2.41. The van der Waals surface area contributed by atoms with Crippen LogP contribution in [0.15, 0.2) is 48.5 Å². The maximum Gasteiger partial charge on any atom is 0.269 e. The zero-order valence-corrected chi connectivity index (χ0v) is 13.7. The van der Waals surface area contributed by atoms with Crippen LogP contribution in [0.3, 0.4) is 0 Å². The predicted molar refractivity (Wildman–Crippen MR) is 94.0 cm³/mol. The van der Waals surface area contributed by atoms with Crippen LogP contribution >= 0.6 is 0 Å². The number of non-ortho nitro benzene ring substituents is 1. The number of hydrogen-bond acceptors (Lipinski definition) is 3. The first-order valence-corrected chi connectivity index (χ1v) is 8.74. The zero-order chi connectivity index (χ0) is 16.5. The second-order valence-corrected chi connectivity index (χ2v) is 7.05. The molecule has 2 aromatic carbocycles. The van der Waals surface area contributed by atoms with E-state index in [1.54, 1.807) is 23.3 Å². The molecule has 0 amide bonds. The van der Waals surface area contributed by atoms with Crippen molar-refractivity contribution in [3.63, 3.8) is 0 Å². The lowest BCUT2D eigenvalue weighted by Crippen LogP contribution is -2.40. The zero-order valence-electron chi connectivity index (χ0n) is 13.7. The molecule has 2 atom stereocenters. The first kappa shape index (κ1) is 15.3. The molecule has 4 heteroatoms. The molecule has 1 fully saturated rings. The molecule has 0 unspecified atom stereocenters. The monoisotopic (exact) mass is 322 g/mol. The summed E-state index contributed by atoms with van der Waals surface area (Å²) < 4.78 is 0. The van der Waals surface area contributed by atoms with Gasteiger partial charge in [0.1, 0.15) is 0 Å². The number of nitro benzene ring substituents is 1. The van der Waals surface area contributed by atoms with Gasteiger partial charge in [-0.2, -0.15) is 0 Å². The topological polar surface area (TPSA) is 46.4 Å². The van der Waals surface area contributed by atoms with Gasteiger partial charge in [0.25, 0.3) is 5.69 Å². The number of nitro groups is 1. The van der Waals surface area contributed by atoms with Gasteiger partial charge in [0.05, 0.1) is 4.92 Å². The highest BCUT2D eigenvalue weighted by molar-refractivity contribution is 5.35. The molecule has 0 aromatic heterocycles. The lowest BCUT2D eigenvalue weighted by molar-refractivity contribution is -0.384. The molecule has 0 radical (unpaired) electrons. The lowest BCUT2D eigenvalue weighted by Gasteiger charge is -2.42. The van der Waals surface area contributed by atoms with Crippen molar-refractivity contribution >= 4 is 5.69 Å². The second kappa shape index (κ2) is 6.36. The number of hydrogen-bond donors (Lipinski definition) is 0. The van der Waals surface area contributed by atoms with Gasteiger partial charge in [0.2, 0.25) is 0 Å². The van der Waals surface area contributed by atoms with Crippen molar-refractivity contribution in [3.8, 4) is 0 Å². The van der Waals surface area contributed by atoms with Crippen LogP contribution in [0.25, 0.3) is 0 Å². The van der Waals surface area contributed by atoms with Crippen LogP contribution < -0.4 is 0 Å². The van der Waals surface area contributed by atoms with Crippen LogP contribution in [0.5, 0.6) is 0 Å². The third-order valence-corrected chi connectivity index (χ3v) is 5.61. The van der Waals surface area contributed by atoms with E-state index in [4.69, 9.17) is 0 Å². The largest absolute Gasteiger partial charge is 0.299 e. The summed E-state index contributed by atoms with van der Waals surface area (Å²) in [6, 6.07) is 15.9. The summed E-state index contributed by atoms with van der Waals surface area (Å²) >= 11 is 0. The molecule has 0 bridgehead atoms. The number of aryl methyl sites for hydroxylation is 1. The Kier molecular flexibility index (Phi) is 4.07. The minimum Gasteiger partial charge on any atom is -0.299 e. The number of likely N-dealkylation sites (tertiary alicyclic amines) is 1. The smallest absolute Gasteiger partial charge is 0.269 e. The average molecular weight is 322 g/mol. The Hall–Kier alpha value is -2.20. The maximum atomic E-state index is 10.8. The molecule has 0 saturated carbocycles. The SMILES string of the molecule is O=[N+]([O-])c1ccc(CN2CC[C@H]3c4ccccc4CC[C@H]3C2)cc1. The summed E-state index contributed by atoms with van der Waals surface area (Å²) in [4.78, 5) is 12.9. The van der Waals surface area contributed by atoms with Crippen LogP contribution in [-0.4, -0.2) is 22.9 Å². The van der Waals surface area contributed by atoms with Crippen LogP contribution in [0.4, 0.5) is 5.69 Å². The van der Waals surface area contributed by atoms with Crippen LogP contribution in [0.1, 0.15) is 35.4 Å². The van der Waals surface area contributed by atoms with E-state index in [9.17, 15) is 10.1 Å². The Bertz CT molecular complexity index is 742. The summed E-state index contributed by atoms with van der Waals surface area (Å²) in [5.74, 6) is 1.45. The van der Waals surface area contributed by atoms with Gasteiger partial charge in [-0.25, -0.2) is 0 Å². The minimum atomic E-state index is -0.339. The van der Waals surface area contributed by atoms with Gasteiger partial charge in [-0.3, -0.25) is 15.0 Å². The molecule has 124 valence electrons. The van der Waals surface area contributed by atoms with E-state index in [1.807, 2.05) is 12.1 Å². The second-order valence-electron chi connectivity index (χ2n) is 7.05. The third-order valence-electron chi connectivity index (χ3n) is 5.61. The molecule has 0 N–H and O–H groups in total. The quantitative estimate of drug-likeness (QED) is 0.630. The molecule has 1 heterocycles. The van der Waals surface area contributed by atoms with Crippen LogP contribution in [0.2, 0.25) is 0 Å². The van der Waals surface area contributed by atoms with Gasteiger partial charge in [0.15, 0.2) is 0 Å². The Labute approximate surface area is 142 Å². The number of nitrogens with zero attached hydrogens (tertiary/aromatic N) is 2. The molecule has 4 nitrogen and oxygen atoms in total. The van der Waals surface area contributed by atoms with Crippen LogP contribution in [0, 0.1) is 16.0 Å². The fraction of sp³-hybridized carbons (Fsp3) is 0.400. The summed E-state index contributed by atoms with van der Waals surface area (Å²) in [5.41, 5.74) is 4.45. The molecule has 1 aliphatic heterocycles. The molecule has 4 rings (SSSR count). The Morgan fingerprint density at radius 2 is 1.88 bits per heavy atom. The first-order chi connectivity index (χ1) is 11.7. The molecule has 1 aliphatic carbocycles. The van der Waals surface area contributed by atoms with Crippen molar-refractivity contribution in [1.29, 1.82) is 0 Å². The Morgan fingerprint density at radius 3 is 2.67 bits per heavy atom. The standard InChI is InChI=1S/C20H22N2O2/c23-22(24)18-9-5-15(6-10-18)13-21-12-11-20-17(14-21)8-7-16-3-1-2-4-19(16)20/h1-6,9-10,17,20H,7-8,11-14H2/t17-,20+/m0/s1. The number of benzene rings is 2. The van der Waals surface area contributed by atoms with Gasteiger partial charge < -0.3 is 0 Å². The normalized spacial score (nSPS) is 23.3. The summed E-state index contributed by atoms with van der Waals surface area (Å²) in [6.45, 7) is 3.13. The van der Waals surface area contributed by atoms with Crippen molar-refractivity contribution in [3.05, 3.63) is 75.3 Å². The van der Waals surface area contributed by atoms with Crippen molar-refractivity contribution in [1.82, 2.24) is 4.90 Å². The van der Waals surface area contributed by atoms with Gasteiger partial charge in [0, 0.05) is 25.2 Å². The van der Waals surface area contributed by atoms with E-state index >= 15 is 0 Å². The molecule has 2 aliphatic rings. The fourth-order valence-electron chi connectivity index (χ4n) is 4.40. The molecule has 0 spiro atoms. The van der Waals surface area contributed by atoms with E-state index in [0.717, 1.165) is 31.1 Å². The number of rotatable bonds is 3. The summed E-state index contributed by atoms with van der Waals surface area (Å²) in [7, 11) is 0. The van der Waals surface area contributed by atoms with Crippen molar-refractivity contribution in [2.24, 2.45) is 5.92 Å². The molecular weight excluding hydrogens is 300 g/mol. The molecule has 1 saturated heterocycles. The third kappa shape index (κ3) is 2.94. The lowest BCUT2D eigenvalue weighted by atomic mass is 9.71. The Morgan fingerprint density at radius 1 is 1.08 bits per heavy atom. The van der Waals surface area contributed by atoms with Crippen molar-refractivity contribution in [2.75, 3.05) is 13.1 Å². The molecular formula is C20H22N2O2. The van der Waals surface area contributed by atoms with E-state index < -0.39 is 0 Å². The van der Waals surface area contributed by atoms with Crippen molar-refractivity contribution < 1.29 is 4.92 Å². The van der Waals surface area contributed by atoms with E-state index in [1.165, 1.54) is 19.3 Å². The molecule has 2 aromatic rings. The van der Waals surface area contributed by atoms with E-state index in [0.29, 0.717) is 5.92 Å². The van der Waals surface area contributed by atoms with E-state index in [-0.39, 0.29) is 10.6 Å². The van der Waals surface area contributed by atoms with Gasteiger partial charge in [-0.1, -0.05) is 36.4 Å². The number of piperidine rings is 1. The summed E-state index contributed by atoms with van der Waals surface area (Å²) in [6.07, 6.45) is 3.69. The minimum absolute atomic E-state index is 0.168. The van der Waals surface area contributed by atoms with Gasteiger partial charge >= 0.3 is 0 Å².